The molecule has 1 unspecified atom stereocenters. The maximum absolute atomic E-state index is 11.3. The van der Waals surface area contributed by atoms with Crippen molar-refractivity contribution >= 4 is 22.2 Å². The summed E-state index contributed by atoms with van der Waals surface area (Å²) >= 11 is 0. The molecule has 1 atom stereocenters. The Morgan fingerprint density at radius 3 is 2.70 bits per heavy atom. The minimum absolute atomic E-state index is 0.0160. The van der Waals surface area contributed by atoms with Gasteiger partial charge in [-0.3, -0.25) is 14.3 Å². The number of rotatable bonds is 9. The quantitative estimate of drug-likeness (QED) is 0.560. The molecule has 0 aliphatic heterocycles. The molecule has 1 aromatic carbocycles. The van der Waals surface area contributed by atoms with E-state index in [2.05, 4.69) is 5.32 Å². The van der Waals surface area contributed by atoms with Crippen molar-refractivity contribution in [1.29, 1.82) is 0 Å². The van der Waals surface area contributed by atoms with Gasteiger partial charge in [0.05, 0.1) is 17.6 Å². The van der Waals surface area contributed by atoms with Crippen LogP contribution in [-0.4, -0.2) is 33.8 Å². The predicted molar refractivity (Wildman–Crippen MR) is 80.9 cm³/mol. The summed E-state index contributed by atoms with van der Waals surface area (Å²) in [6.45, 7) is 4.85. The highest BCUT2D eigenvalue weighted by Crippen LogP contribution is 2.26. The van der Waals surface area contributed by atoms with Crippen molar-refractivity contribution in [3.05, 3.63) is 28.3 Å². The molecule has 7 heteroatoms. The Morgan fingerprint density at radius 2 is 2.10 bits per heavy atom. The Balaban J connectivity index is 2.75. The van der Waals surface area contributed by atoms with Gasteiger partial charge in [-0.25, -0.2) is 0 Å². The van der Waals surface area contributed by atoms with Crippen LogP contribution in [0.3, 0.4) is 0 Å². The van der Waals surface area contributed by atoms with E-state index in [9.17, 15) is 14.3 Å². The van der Waals surface area contributed by atoms with Gasteiger partial charge in [-0.05, 0) is 6.42 Å². The number of hydrogen-bond donors (Lipinski definition) is 1. The molecule has 0 saturated heterocycles. The topological polar surface area (TPSA) is 81.5 Å². The molecule has 0 radical (unpaired) electrons. The van der Waals surface area contributed by atoms with Crippen LogP contribution in [-0.2, 0) is 10.8 Å². The number of nitro benzene ring substituents is 1. The van der Waals surface area contributed by atoms with Crippen molar-refractivity contribution in [2.24, 2.45) is 0 Å². The average molecular weight is 300 g/mol. The molecule has 112 valence electrons. The summed E-state index contributed by atoms with van der Waals surface area (Å²) in [6, 6.07) is 4.58. The molecule has 0 amide bonds. The number of non-ortho nitro benzene ring substituents is 1. The van der Waals surface area contributed by atoms with Crippen LogP contribution < -0.4 is 10.1 Å². The molecule has 0 spiro atoms. The van der Waals surface area contributed by atoms with E-state index in [4.69, 9.17) is 4.74 Å². The van der Waals surface area contributed by atoms with Crippen molar-refractivity contribution in [3.8, 4) is 5.75 Å². The fourth-order valence-corrected chi connectivity index (χ4v) is 2.17. The molecule has 6 nitrogen and oxygen atoms in total. The molecule has 1 N–H and O–H groups in total. The fraction of sp³-hybridized carbons (Fsp3) is 0.538. The monoisotopic (exact) mass is 300 g/mol. The average Bonchev–Trinajstić information content (AvgIpc) is 2.44. The van der Waals surface area contributed by atoms with Crippen molar-refractivity contribution in [1.82, 2.24) is 0 Å². The van der Waals surface area contributed by atoms with Crippen LogP contribution in [0.1, 0.15) is 20.3 Å². The predicted octanol–water partition coefficient (Wildman–Crippen LogP) is 2.56. The van der Waals surface area contributed by atoms with Crippen molar-refractivity contribution in [2.75, 3.05) is 30.0 Å². The first kappa shape index (κ1) is 16.4. The molecule has 0 saturated carbocycles. The third-order valence-electron chi connectivity index (χ3n) is 2.56. The molecule has 1 rings (SSSR count). The largest absolute Gasteiger partial charge is 0.493 e. The van der Waals surface area contributed by atoms with Gasteiger partial charge >= 0.3 is 0 Å². The second-order valence-corrected chi connectivity index (χ2v) is 6.05. The Morgan fingerprint density at radius 1 is 1.35 bits per heavy atom. The van der Waals surface area contributed by atoms with Gasteiger partial charge < -0.3 is 10.1 Å². The number of ether oxygens (including phenoxy) is 1. The lowest BCUT2D eigenvalue weighted by atomic mass is 10.2. The summed E-state index contributed by atoms with van der Waals surface area (Å²) in [7, 11) is -0.853. The Bertz CT molecular complexity index is 479. The van der Waals surface area contributed by atoms with Gasteiger partial charge in [0, 0.05) is 46.7 Å². The first-order valence-corrected chi connectivity index (χ1v) is 8.06. The first-order valence-electron chi connectivity index (χ1n) is 6.58. The molecule has 0 aromatic heterocycles. The highest BCUT2D eigenvalue weighted by molar-refractivity contribution is 7.84. The Labute approximate surface area is 121 Å². The summed E-state index contributed by atoms with van der Waals surface area (Å²) in [5.74, 6) is 1.60. The van der Waals surface area contributed by atoms with E-state index in [1.54, 1.807) is 6.07 Å². The maximum Gasteiger partial charge on any atom is 0.275 e. The Kier molecular flexibility index (Phi) is 7.00. The van der Waals surface area contributed by atoms with E-state index in [0.717, 1.165) is 6.42 Å². The molecular formula is C13H20N2O4S. The van der Waals surface area contributed by atoms with Crippen LogP contribution in [0.4, 0.5) is 11.4 Å². The van der Waals surface area contributed by atoms with Crippen LogP contribution in [0.25, 0.3) is 0 Å². The zero-order valence-electron chi connectivity index (χ0n) is 11.8. The summed E-state index contributed by atoms with van der Waals surface area (Å²) in [5, 5.41) is 13.9. The van der Waals surface area contributed by atoms with Gasteiger partial charge in [0.1, 0.15) is 5.75 Å². The number of hydrogen-bond acceptors (Lipinski definition) is 5. The molecule has 1 aromatic rings. The van der Waals surface area contributed by atoms with Crippen molar-refractivity contribution in [3.63, 3.8) is 0 Å². The summed E-state index contributed by atoms with van der Waals surface area (Å²) in [5.41, 5.74) is 0.594. The van der Waals surface area contributed by atoms with E-state index in [0.29, 0.717) is 36.1 Å². The number of benzene rings is 1. The smallest absolute Gasteiger partial charge is 0.275 e. The van der Waals surface area contributed by atoms with Crippen LogP contribution >= 0.6 is 0 Å². The first-order chi connectivity index (χ1) is 9.56. The van der Waals surface area contributed by atoms with Gasteiger partial charge in [0.25, 0.3) is 5.69 Å². The normalized spacial score (nSPS) is 11.9. The molecule has 0 heterocycles. The van der Waals surface area contributed by atoms with Crippen molar-refractivity contribution in [2.45, 2.75) is 20.3 Å². The number of nitro groups is 1. The van der Waals surface area contributed by atoms with Gasteiger partial charge in [0.2, 0.25) is 0 Å². The van der Waals surface area contributed by atoms with Gasteiger partial charge in [-0.15, -0.1) is 0 Å². The maximum atomic E-state index is 11.3. The van der Waals surface area contributed by atoms with Crippen molar-refractivity contribution < 1.29 is 13.9 Å². The minimum atomic E-state index is -0.853. The van der Waals surface area contributed by atoms with Crippen LogP contribution in [0.5, 0.6) is 5.75 Å². The molecule has 0 bridgehead atoms. The van der Waals surface area contributed by atoms with Crippen LogP contribution in [0.2, 0.25) is 0 Å². The third kappa shape index (κ3) is 5.56. The number of nitrogens with zero attached hydrogens (tertiary/aromatic N) is 1. The zero-order valence-corrected chi connectivity index (χ0v) is 12.6. The van der Waals surface area contributed by atoms with E-state index in [1.807, 2.05) is 13.8 Å². The van der Waals surface area contributed by atoms with Gasteiger partial charge in [-0.2, -0.15) is 0 Å². The highest BCUT2D eigenvalue weighted by atomic mass is 32.2. The highest BCUT2D eigenvalue weighted by Gasteiger charge is 2.10. The summed E-state index contributed by atoms with van der Waals surface area (Å²) in [6.07, 6.45) is 0.834. The van der Waals surface area contributed by atoms with E-state index in [-0.39, 0.29) is 5.69 Å². The Hall–Kier alpha value is -1.63. The lowest BCUT2D eigenvalue weighted by molar-refractivity contribution is -0.384. The second kappa shape index (κ2) is 8.52. The SMILES string of the molecule is CCCOc1cc(NCCS(=O)CC)cc([N+](=O)[O-])c1. The van der Waals surface area contributed by atoms with E-state index in [1.165, 1.54) is 12.1 Å². The molecule has 0 fully saturated rings. The van der Waals surface area contributed by atoms with E-state index >= 15 is 0 Å². The van der Waals surface area contributed by atoms with Crippen LogP contribution in [0.15, 0.2) is 18.2 Å². The summed E-state index contributed by atoms with van der Waals surface area (Å²) in [4.78, 5) is 10.4. The standard InChI is InChI=1S/C13H20N2O4S/c1-3-6-19-13-9-11(8-12(10-13)15(16)17)14-5-7-20(18)4-2/h8-10,14H,3-7H2,1-2H3. The number of nitrogens with one attached hydrogen (secondary N) is 1. The van der Waals surface area contributed by atoms with Gasteiger partial charge in [0.15, 0.2) is 0 Å². The lowest BCUT2D eigenvalue weighted by Crippen LogP contribution is -2.12. The number of anilines is 1. The lowest BCUT2D eigenvalue weighted by Gasteiger charge is -2.09. The minimum Gasteiger partial charge on any atom is -0.493 e. The fourth-order valence-electron chi connectivity index (χ4n) is 1.55. The zero-order chi connectivity index (χ0) is 15.0. The molecule has 0 aliphatic carbocycles. The molecule has 0 aliphatic rings. The van der Waals surface area contributed by atoms with Crippen LogP contribution in [0, 0.1) is 10.1 Å². The molecule has 20 heavy (non-hydrogen) atoms. The summed E-state index contributed by atoms with van der Waals surface area (Å²) < 4.78 is 16.8. The molecular weight excluding hydrogens is 280 g/mol. The second-order valence-electron chi connectivity index (χ2n) is 4.18. The van der Waals surface area contributed by atoms with E-state index < -0.39 is 15.7 Å². The third-order valence-corrected chi connectivity index (χ3v) is 3.86. The van der Waals surface area contributed by atoms with Gasteiger partial charge in [-0.1, -0.05) is 13.8 Å².